The molecule has 0 saturated carbocycles. The van der Waals surface area contributed by atoms with Gasteiger partial charge in [0.15, 0.2) is 10.8 Å². The molecule has 1 aromatic heterocycles. The lowest BCUT2D eigenvalue weighted by atomic mass is 10.0. The number of nitrogen functional groups attached to an aromatic ring is 1. The van der Waals surface area contributed by atoms with E-state index in [9.17, 15) is 42.4 Å². The Morgan fingerprint density at radius 2 is 2.08 bits per heavy atom. The minimum atomic E-state index is -5.49. The Morgan fingerprint density at radius 3 is 2.67 bits per heavy atom. The highest BCUT2D eigenvalue weighted by molar-refractivity contribution is 8.00. The zero-order valence-electron chi connectivity index (χ0n) is 20.1. The number of nitrogens with zero attached hydrogens (tertiary/aromatic N) is 4. The second-order valence-corrected chi connectivity index (χ2v) is 10.4. The molecule has 0 aromatic carbocycles. The number of carbonyl (C=O) groups excluding carboxylic acids is 5. The van der Waals surface area contributed by atoms with Crippen LogP contribution in [0.1, 0.15) is 12.1 Å². The van der Waals surface area contributed by atoms with Gasteiger partial charge in [-0.25, -0.2) is 14.6 Å². The van der Waals surface area contributed by atoms with E-state index in [0.29, 0.717) is 6.54 Å². The second kappa shape index (κ2) is 11.1. The summed E-state index contributed by atoms with van der Waals surface area (Å²) < 4.78 is 42.4. The lowest BCUT2D eigenvalue weighted by molar-refractivity contribution is -0.201. The average Bonchev–Trinajstić information content (AvgIpc) is 3.47. The van der Waals surface area contributed by atoms with Crippen molar-refractivity contribution in [2.45, 2.75) is 24.0 Å². The van der Waals surface area contributed by atoms with Crippen molar-refractivity contribution >= 4 is 63.6 Å². The number of nitrogens with two attached hydrogens (primary N) is 1. The molecule has 2 atom stereocenters. The number of oxime groups is 1. The number of likely N-dealkylation sites (tertiary alicyclic amines) is 1. The molecule has 0 aliphatic carbocycles. The molecule has 2 saturated heterocycles. The number of anilines is 1. The summed E-state index contributed by atoms with van der Waals surface area (Å²) in [5.41, 5.74) is 4.45. The zero-order chi connectivity index (χ0) is 29.4. The number of alkyl halides is 3. The highest BCUT2D eigenvalue weighted by atomic mass is 32.2. The number of β-lactam (4-membered cyclic amide) rings is 1. The van der Waals surface area contributed by atoms with Gasteiger partial charge in [-0.1, -0.05) is 11.2 Å². The lowest BCUT2D eigenvalue weighted by Gasteiger charge is -2.49. The zero-order valence-corrected chi connectivity index (χ0v) is 21.8. The van der Waals surface area contributed by atoms with Crippen LogP contribution in [0.15, 0.2) is 46.1 Å². The molecule has 0 radical (unpaired) electrons. The third-order valence-corrected chi connectivity index (χ3v) is 7.86. The van der Waals surface area contributed by atoms with E-state index in [2.05, 4.69) is 26.8 Å². The molecule has 4 rings (SSSR count). The van der Waals surface area contributed by atoms with Crippen LogP contribution >= 0.6 is 23.1 Å². The van der Waals surface area contributed by atoms with Crippen LogP contribution in [-0.4, -0.2) is 91.8 Å². The molecule has 2 fully saturated rings. The number of aromatic nitrogens is 1. The number of hydrogen-bond donors (Lipinski definition) is 3. The second-order valence-electron chi connectivity index (χ2n) is 8.39. The number of rotatable bonds is 7. The first-order chi connectivity index (χ1) is 18.9. The number of halogens is 3. The number of fused-ring (bicyclic) bond motifs is 1. The van der Waals surface area contributed by atoms with E-state index in [1.54, 1.807) is 0 Å². The van der Waals surface area contributed by atoms with Crippen LogP contribution in [0.25, 0.3) is 0 Å². The summed E-state index contributed by atoms with van der Waals surface area (Å²) in [5, 5.41) is 14.9. The van der Waals surface area contributed by atoms with E-state index >= 15 is 0 Å². The van der Waals surface area contributed by atoms with Gasteiger partial charge in [0.25, 0.3) is 11.8 Å². The summed E-state index contributed by atoms with van der Waals surface area (Å²) in [6.45, 7) is 4.15. The molecular weight excluding hydrogens is 581 g/mol. The molecule has 18 heteroatoms. The van der Waals surface area contributed by atoms with E-state index in [0.717, 1.165) is 28.0 Å². The summed E-state index contributed by atoms with van der Waals surface area (Å²) >= 11 is 1.99. The monoisotopic (exact) mass is 600 g/mol. The van der Waals surface area contributed by atoms with Crippen molar-refractivity contribution in [3.63, 3.8) is 0 Å². The van der Waals surface area contributed by atoms with Gasteiger partial charge in [0.1, 0.15) is 22.8 Å². The van der Waals surface area contributed by atoms with Gasteiger partial charge < -0.3 is 25.9 Å². The molecule has 40 heavy (non-hydrogen) atoms. The van der Waals surface area contributed by atoms with Crippen molar-refractivity contribution in [1.29, 1.82) is 0 Å². The molecule has 3 amide bonds. The Morgan fingerprint density at radius 1 is 1.35 bits per heavy atom. The molecule has 4 heterocycles. The van der Waals surface area contributed by atoms with Crippen molar-refractivity contribution in [1.82, 2.24) is 20.1 Å². The number of carbonyl (C=O) groups is 5. The van der Waals surface area contributed by atoms with Crippen molar-refractivity contribution in [2.24, 2.45) is 5.16 Å². The van der Waals surface area contributed by atoms with E-state index in [1.807, 2.05) is 0 Å². The lowest BCUT2D eigenvalue weighted by Crippen LogP contribution is -2.71. The van der Waals surface area contributed by atoms with E-state index in [4.69, 9.17) is 5.73 Å². The molecule has 4 N–H and O–H groups in total. The summed E-state index contributed by atoms with van der Waals surface area (Å²) in [6.07, 6.45) is -2.44. The first kappa shape index (κ1) is 28.8. The fourth-order valence-corrected chi connectivity index (χ4v) is 5.95. The molecular formula is C22H19F3N6O7S2. The van der Waals surface area contributed by atoms with E-state index in [1.165, 1.54) is 22.4 Å². The molecule has 0 bridgehead atoms. The average molecular weight is 601 g/mol. The number of allylic oxidation sites excluding steroid dienone is 1. The van der Waals surface area contributed by atoms with Crippen LogP contribution in [0.3, 0.4) is 0 Å². The first-order valence-electron chi connectivity index (χ1n) is 11.2. The molecule has 3 aliphatic rings. The summed E-state index contributed by atoms with van der Waals surface area (Å²) in [5.74, 6) is -6.95. The van der Waals surface area contributed by atoms with Gasteiger partial charge in [0.05, 0.1) is 0 Å². The Balaban J connectivity index is 1.62. The van der Waals surface area contributed by atoms with Gasteiger partial charge in [-0.3, -0.25) is 19.3 Å². The SMILES string of the molecule is C=CCN1CCC(=CC2=C(C(=O)OC(=O)C(F)(F)F)N3C(=O)[C@@H](NC(=O)/C(=N\O)c4csc(N)n4)[C@H]3SC2)C1=O. The number of thioether (sulfide) groups is 1. The number of hydrogen-bond acceptors (Lipinski definition) is 12. The van der Waals surface area contributed by atoms with Crippen molar-refractivity contribution in [2.75, 3.05) is 24.6 Å². The van der Waals surface area contributed by atoms with Gasteiger partial charge >= 0.3 is 18.1 Å². The number of esters is 2. The van der Waals surface area contributed by atoms with Crippen LogP contribution in [0.4, 0.5) is 18.3 Å². The molecule has 212 valence electrons. The minimum Gasteiger partial charge on any atom is -0.410 e. The van der Waals surface area contributed by atoms with E-state index in [-0.39, 0.29) is 40.7 Å². The Kier molecular flexibility index (Phi) is 8.01. The fraction of sp³-hybridized carbons (Fsp3) is 0.318. The maximum atomic E-state index is 13.1. The summed E-state index contributed by atoms with van der Waals surface area (Å²) in [7, 11) is 0. The quantitative estimate of drug-likeness (QED) is 0.0583. The Bertz CT molecular complexity index is 1400. The predicted molar refractivity (Wildman–Crippen MR) is 134 cm³/mol. The number of amides is 3. The van der Waals surface area contributed by atoms with Crippen LogP contribution in [0.2, 0.25) is 0 Å². The van der Waals surface area contributed by atoms with Gasteiger partial charge in [-0.05, 0) is 18.1 Å². The Labute approximate surface area is 231 Å². The molecule has 0 unspecified atom stereocenters. The van der Waals surface area contributed by atoms with Crippen LogP contribution in [-0.2, 0) is 28.7 Å². The largest absolute Gasteiger partial charge is 0.491 e. The molecule has 3 aliphatic heterocycles. The van der Waals surface area contributed by atoms with E-state index < -0.39 is 58.7 Å². The maximum absolute atomic E-state index is 13.1. The predicted octanol–water partition coefficient (Wildman–Crippen LogP) is 0.534. The van der Waals surface area contributed by atoms with Crippen molar-refractivity contribution < 1.29 is 47.1 Å². The normalized spacial score (nSPS) is 22.3. The summed E-state index contributed by atoms with van der Waals surface area (Å²) in [4.78, 5) is 68.7. The maximum Gasteiger partial charge on any atom is 0.491 e. The highest BCUT2D eigenvalue weighted by Crippen LogP contribution is 2.42. The third kappa shape index (κ3) is 5.44. The first-order valence-corrected chi connectivity index (χ1v) is 13.2. The molecule has 1 aromatic rings. The highest BCUT2D eigenvalue weighted by Gasteiger charge is 2.55. The topological polar surface area (TPSA) is 185 Å². The number of thiazole rings is 1. The van der Waals surface area contributed by atoms with Gasteiger partial charge in [-0.2, -0.15) is 13.2 Å². The van der Waals surface area contributed by atoms with Crippen LogP contribution < -0.4 is 11.1 Å². The third-order valence-electron chi connectivity index (χ3n) is 5.89. The molecule has 13 nitrogen and oxygen atoms in total. The summed E-state index contributed by atoms with van der Waals surface area (Å²) in [6, 6.07) is -1.29. The minimum absolute atomic E-state index is 0.0151. The van der Waals surface area contributed by atoms with Crippen molar-refractivity contribution in [3.05, 3.63) is 46.6 Å². The standard InChI is InChI=1S/C22H19F3N6O7S2/c1-2-4-30-5-3-9(16(30)33)6-10-7-39-18-13(28-15(32)12(29-37)11-8-40-21(26)27-11)17(34)31(18)14(10)19(35)38-20(36)22(23,24)25/h2,6,8,13,18,37H,1,3-5,7H2,(H2,26,27)(H,28,32)/b9-6?,29-12-/t13-,18-/m1/s1. The molecule has 0 spiro atoms. The van der Waals surface area contributed by atoms with Crippen LogP contribution in [0, 0.1) is 0 Å². The van der Waals surface area contributed by atoms with Gasteiger partial charge in [0, 0.05) is 29.8 Å². The van der Waals surface area contributed by atoms with Gasteiger partial charge in [0.2, 0.25) is 5.91 Å². The Hall–Kier alpha value is -4.19. The smallest absolute Gasteiger partial charge is 0.410 e. The fourth-order valence-electron chi connectivity index (χ4n) is 4.09. The van der Waals surface area contributed by atoms with Crippen LogP contribution in [0.5, 0.6) is 0 Å². The van der Waals surface area contributed by atoms with Gasteiger partial charge in [-0.15, -0.1) is 29.7 Å². The number of nitrogens with one attached hydrogen (secondary N) is 1. The number of ether oxygens (including phenoxy) is 1. The van der Waals surface area contributed by atoms with Crippen molar-refractivity contribution in [3.8, 4) is 0 Å².